The fraction of sp³-hybridized carbons (Fsp3) is 0.0357. The van der Waals surface area contributed by atoms with Gasteiger partial charge in [-0.1, -0.05) is 48.5 Å². The van der Waals surface area contributed by atoms with Gasteiger partial charge in [-0.15, -0.1) is 0 Å². The Morgan fingerprint density at radius 1 is 0.647 bits per heavy atom. The van der Waals surface area contributed by atoms with Crippen LogP contribution in [0.3, 0.4) is 0 Å². The third kappa shape index (κ3) is 3.51. The normalized spacial score (nSPS) is 11.2. The van der Waals surface area contributed by atoms with Crippen molar-refractivity contribution in [2.45, 2.75) is 6.92 Å². The molecule has 34 heavy (non-hydrogen) atoms. The van der Waals surface area contributed by atoms with Crippen LogP contribution in [-0.4, -0.2) is 25.5 Å². The fourth-order valence-corrected chi connectivity index (χ4v) is 4.26. The van der Waals surface area contributed by atoms with Gasteiger partial charge in [0, 0.05) is 30.1 Å². The largest absolute Gasteiger partial charge is 0.281 e. The minimum absolute atomic E-state index is 0.0782. The predicted molar refractivity (Wildman–Crippen MR) is 135 cm³/mol. The van der Waals surface area contributed by atoms with E-state index >= 15 is 0 Å². The van der Waals surface area contributed by atoms with E-state index in [0.29, 0.717) is 0 Å². The molecule has 1 amide bonds. The van der Waals surface area contributed by atoms with Gasteiger partial charge in [0.2, 0.25) is 5.91 Å². The second-order valence-electron chi connectivity index (χ2n) is 8.16. The Hall–Kier alpha value is -4.71. The summed E-state index contributed by atoms with van der Waals surface area (Å²) in [6, 6.07) is 31.7. The van der Waals surface area contributed by atoms with E-state index in [1.165, 1.54) is 0 Å². The van der Waals surface area contributed by atoms with Crippen LogP contribution in [0, 0.1) is 0 Å². The van der Waals surface area contributed by atoms with Crippen LogP contribution in [-0.2, 0) is 4.79 Å². The van der Waals surface area contributed by atoms with E-state index in [2.05, 4.69) is 10.2 Å². The SMILES string of the molecule is CC(=O)N(c1cccc(-n2cc3ccccc3n2)c1)c1cccc(-n2cc3ccccc3n2)c1. The molecule has 0 aliphatic rings. The Bertz CT molecular complexity index is 1480. The highest BCUT2D eigenvalue weighted by atomic mass is 16.2. The molecule has 0 bridgehead atoms. The molecule has 0 aliphatic heterocycles. The molecule has 0 saturated heterocycles. The molecular formula is C28H21N5O. The van der Waals surface area contributed by atoms with E-state index in [9.17, 15) is 4.79 Å². The molecule has 6 nitrogen and oxygen atoms in total. The highest BCUT2D eigenvalue weighted by molar-refractivity contribution is 5.99. The summed E-state index contributed by atoms with van der Waals surface area (Å²) in [5, 5.41) is 11.5. The smallest absolute Gasteiger partial charge is 0.228 e. The Kier molecular flexibility index (Phi) is 4.70. The number of amides is 1. The van der Waals surface area contributed by atoms with Crippen LogP contribution in [0.4, 0.5) is 11.4 Å². The number of aromatic nitrogens is 4. The van der Waals surface area contributed by atoms with Crippen molar-refractivity contribution < 1.29 is 4.79 Å². The predicted octanol–water partition coefficient (Wildman–Crippen LogP) is 6.05. The summed E-state index contributed by atoms with van der Waals surface area (Å²) in [7, 11) is 0. The van der Waals surface area contributed by atoms with E-state index in [4.69, 9.17) is 0 Å². The van der Waals surface area contributed by atoms with E-state index < -0.39 is 0 Å². The number of benzene rings is 4. The zero-order valence-electron chi connectivity index (χ0n) is 18.5. The van der Waals surface area contributed by atoms with Crippen LogP contribution in [0.15, 0.2) is 109 Å². The van der Waals surface area contributed by atoms with Gasteiger partial charge in [0.25, 0.3) is 0 Å². The molecule has 0 spiro atoms. The molecule has 0 unspecified atom stereocenters. The van der Waals surface area contributed by atoms with Crippen LogP contribution in [0.1, 0.15) is 6.92 Å². The lowest BCUT2D eigenvalue weighted by Crippen LogP contribution is -2.23. The maximum Gasteiger partial charge on any atom is 0.228 e. The summed E-state index contributed by atoms with van der Waals surface area (Å²) in [5.74, 6) is -0.0782. The van der Waals surface area contributed by atoms with Gasteiger partial charge in [-0.25, -0.2) is 9.36 Å². The van der Waals surface area contributed by atoms with Crippen molar-refractivity contribution >= 4 is 39.1 Å². The van der Waals surface area contributed by atoms with E-state index in [1.807, 2.05) is 119 Å². The quantitative estimate of drug-likeness (QED) is 0.333. The summed E-state index contributed by atoms with van der Waals surface area (Å²) >= 11 is 0. The first-order valence-corrected chi connectivity index (χ1v) is 11.1. The van der Waals surface area contributed by atoms with Crippen molar-refractivity contribution in [3.8, 4) is 11.4 Å². The summed E-state index contributed by atoms with van der Waals surface area (Å²) in [4.78, 5) is 14.5. The van der Waals surface area contributed by atoms with Gasteiger partial charge in [-0.2, -0.15) is 10.2 Å². The van der Waals surface area contributed by atoms with Crippen molar-refractivity contribution in [1.82, 2.24) is 19.6 Å². The minimum Gasteiger partial charge on any atom is -0.281 e. The zero-order chi connectivity index (χ0) is 23.1. The molecule has 0 N–H and O–H groups in total. The van der Waals surface area contributed by atoms with Gasteiger partial charge in [0.1, 0.15) is 0 Å². The average Bonchev–Trinajstić information content (AvgIpc) is 3.49. The van der Waals surface area contributed by atoms with E-state index in [-0.39, 0.29) is 5.91 Å². The highest BCUT2D eigenvalue weighted by Gasteiger charge is 2.16. The van der Waals surface area contributed by atoms with Crippen LogP contribution in [0.25, 0.3) is 33.2 Å². The maximum absolute atomic E-state index is 12.8. The number of nitrogens with zero attached hydrogens (tertiary/aromatic N) is 5. The van der Waals surface area contributed by atoms with Gasteiger partial charge >= 0.3 is 0 Å². The third-order valence-electron chi connectivity index (χ3n) is 5.85. The number of anilines is 2. The molecule has 0 aliphatic carbocycles. The summed E-state index contributed by atoms with van der Waals surface area (Å²) in [6.45, 7) is 1.57. The molecule has 164 valence electrons. The molecule has 0 saturated carbocycles. The number of carbonyl (C=O) groups is 1. The van der Waals surface area contributed by atoms with Crippen LogP contribution >= 0.6 is 0 Å². The van der Waals surface area contributed by atoms with Gasteiger partial charge in [0.05, 0.1) is 33.8 Å². The van der Waals surface area contributed by atoms with Crippen LogP contribution in [0.5, 0.6) is 0 Å². The first-order chi connectivity index (χ1) is 16.7. The standard InChI is InChI=1S/C28H21N5O/c1-20(34)33(25-12-6-10-23(16-25)31-18-21-8-2-4-14-27(21)29-31)26-13-7-11-24(17-26)32-19-22-9-3-5-15-28(22)30-32/h2-19H,1H3. The number of hydrogen-bond donors (Lipinski definition) is 0. The van der Waals surface area contributed by atoms with E-state index in [1.54, 1.807) is 11.8 Å². The Labute approximate surface area is 196 Å². The average molecular weight is 444 g/mol. The Morgan fingerprint density at radius 3 is 1.56 bits per heavy atom. The first-order valence-electron chi connectivity index (χ1n) is 11.1. The monoisotopic (exact) mass is 443 g/mol. The van der Waals surface area contributed by atoms with Crippen LogP contribution < -0.4 is 4.90 Å². The molecule has 6 aromatic rings. The van der Waals surface area contributed by atoms with Crippen molar-refractivity contribution in [2.24, 2.45) is 0 Å². The number of hydrogen-bond acceptors (Lipinski definition) is 3. The maximum atomic E-state index is 12.8. The molecule has 0 radical (unpaired) electrons. The molecule has 0 atom stereocenters. The second kappa shape index (κ2) is 8.01. The Morgan fingerprint density at radius 2 is 1.12 bits per heavy atom. The lowest BCUT2D eigenvalue weighted by molar-refractivity contribution is -0.115. The number of fused-ring (bicyclic) bond motifs is 2. The topological polar surface area (TPSA) is 56.0 Å². The van der Waals surface area contributed by atoms with Gasteiger partial charge in [-0.3, -0.25) is 9.69 Å². The minimum atomic E-state index is -0.0782. The van der Waals surface area contributed by atoms with Crippen molar-refractivity contribution in [3.63, 3.8) is 0 Å². The molecule has 4 aromatic carbocycles. The zero-order valence-corrected chi connectivity index (χ0v) is 18.5. The molecule has 6 heteroatoms. The summed E-state index contributed by atoms with van der Waals surface area (Å²) in [5.41, 5.74) is 5.16. The van der Waals surface area contributed by atoms with Crippen LogP contribution in [0.2, 0.25) is 0 Å². The molecule has 2 aromatic heterocycles. The number of rotatable bonds is 4. The number of carbonyl (C=O) groups excluding carboxylic acids is 1. The molecular weight excluding hydrogens is 422 g/mol. The van der Waals surface area contributed by atoms with E-state index in [0.717, 1.165) is 44.6 Å². The third-order valence-corrected chi connectivity index (χ3v) is 5.85. The molecule has 2 heterocycles. The lowest BCUT2D eigenvalue weighted by Gasteiger charge is -2.22. The highest BCUT2D eigenvalue weighted by Crippen LogP contribution is 2.29. The van der Waals surface area contributed by atoms with Crippen molar-refractivity contribution in [2.75, 3.05) is 4.90 Å². The van der Waals surface area contributed by atoms with Crippen molar-refractivity contribution in [3.05, 3.63) is 109 Å². The van der Waals surface area contributed by atoms with Crippen molar-refractivity contribution in [1.29, 1.82) is 0 Å². The first kappa shape index (κ1) is 19.9. The molecule has 6 rings (SSSR count). The lowest BCUT2D eigenvalue weighted by atomic mass is 10.2. The Balaban J connectivity index is 1.40. The summed E-state index contributed by atoms with van der Waals surface area (Å²) < 4.78 is 3.69. The summed E-state index contributed by atoms with van der Waals surface area (Å²) in [6.07, 6.45) is 3.99. The second-order valence-corrected chi connectivity index (χ2v) is 8.16. The van der Waals surface area contributed by atoms with Gasteiger partial charge in [-0.05, 0) is 48.5 Å². The fourth-order valence-electron chi connectivity index (χ4n) is 4.26. The van der Waals surface area contributed by atoms with Gasteiger partial charge in [0.15, 0.2) is 0 Å². The molecule has 0 fully saturated rings. The van der Waals surface area contributed by atoms with Gasteiger partial charge < -0.3 is 0 Å².